The molecule has 5 atom stereocenters. The van der Waals surface area contributed by atoms with Gasteiger partial charge in [0.25, 0.3) is 11.8 Å². The van der Waals surface area contributed by atoms with Crippen LogP contribution in [0.3, 0.4) is 0 Å². The summed E-state index contributed by atoms with van der Waals surface area (Å²) < 4.78 is 0. The van der Waals surface area contributed by atoms with E-state index in [1.165, 1.54) is 36.7 Å². The number of carbonyl (C=O) groups excluding carboxylic acids is 15. The Morgan fingerprint density at radius 1 is 0.400 bits per heavy atom. The SMILES string of the molecule is CC(C)NC(=O)CCCCCN1C(=O)C=CC1=O.CC(C)NC(=O)CCCCCN1C(=O)CC(N2CCC[C@H]2C=O)C1=O.CSCC1CC(=O)N(CCCCCC(=O)NC(C)C)C1=O.CSCC1CC(=O)N(CCCCCC(=O)NC(C)C)C1=O.CSCC1CC(=O)N(CCCCCCNC(C)C)C1=O. The summed E-state index contributed by atoms with van der Waals surface area (Å²) in [6.45, 7) is 23.9. The normalized spacial score (nSPS) is 19.5. The predicted octanol–water partition coefficient (Wildman–Crippen LogP) is 7.76. The van der Waals surface area contributed by atoms with E-state index in [4.69, 9.17) is 0 Å². The molecule has 0 spiro atoms. The molecule has 14 amide bonds. The first-order chi connectivity index (χ1) is 49.9. The van der Waals surface area contributed by atoms with E-state index in [0.29, 0.717) is 96.7 Å². The van der Waals surface area contributed by atoms with Gasteiger partial charge in [0.15, 0.2) is 0 Å². The van der Waals surface area contributed by atoms with Crippen LogP contribution in [0, 0.1) is 17.8 Å². The maximum Gasteiger partial charge on any atom is 0.253 e. The molecule has 105 heavy (non-hydrogen) atoms. The molecule has 5 N–H and O–H groups in total. The summed E-state index contributed by atoms with van der Waals surface area (Å²) in [6.07, 6.45) is 28.1. The van der Waals surface area contributed by atoms with Crippen LogP contribution in [-0.4, -0.2) is 243 Å². The standard InChI is InChI=1S/C18H29N3O4.2C15H26N2O3S.C15H28N2O2S.C13H20N2O3/c1-13(2)19-16(23)8-4-3-5-9-21-17(24)11-15(18(21)25)20-10-6-7-14(20)12-22;2*1-11(2)16-13(18)7-5-4-6-8-17-14(19)9-12(10-21-3)15(17)20;1-12(2)16-8-6-4-5-7-9-17-14(18)10-13(11-20-3)15(17)19;1-10(2)14-11(16)6-4-3-5-9-15-12(17)7-8-13(15)18/h12-15H,3-11H2,1-2H3,(H,19,23);2*11-12H,4-10H2,1-3H3,(H,16,18);12-13,16H,4-11H2,1-3H3;7-8,10H,3-6,9H2,1-2H3,(H,14,16)/t14-,15?;;;;/m0..../s1. The molecule has 0 aromatic carbocycles. The fourth-order valence-corrected chi connectivity index (χ4v) is 14.7. The Morgan fingerprint density at radius 2 is 0.695 bits per heavy atom. The average Bonchev–Trinajstić information content (AvgIpc) is 1.58. The third-order valence-electron chi connectivity index (χ3n) is 17.9. The Labute approximate surface area is 639 Å². The van der Waals surface area contributed by atoms with Crippen LogP contribution >= 0.6 is 35.3 Å². The molecule has 0 aromatic rings. The summed E-state index contributed by atoms with van der Waals surface area (Å²) in [4.78, 5) is 184. The zero-order valence-corrected chi connectivity index (χ0v) is 67.9. The van der Waals surface area contributed by atoms with E-state index in [0.717, 1.165) is 139 Å². The second-order valence-corrected chi connectivity index (χ2v) is 32.0. The van der Waals surface area contributed by atoms with Crippen molar-refractivity contribution in [2.24, 2.45) is 17.8 Å². The molecule has 0 bridgehead atoms. The smallest absolute Gasteiger partial charge is 0.253 e. The van der Waals surface area contributed by atoms with E-state index < -0.39 is 6.04 Å². The first-order valence-corrected chi connectivity index (χ1v) is 42.6. The fraction of sp³-hybridized carbons (Fsp3) is 0.776. The molecule has 26 nitrogen and oxygen atoms in total. The molecule has 6 rings (SSSR count). The molecule has 6 aliphatic heterocycles. The molecular formula is C76H129N11O15S3. The maximum absolute atomic E-state index is 12.5. The Bertz CT molecular complexity index is 2740. The van der Waals surface area contributed by atoms with Crippen LogP contribution in [0.25, 0.3) is 0 Å². The van der Waals surface area contributed by atoms with E-state index >= 15 is 0 Å². The summed E-state index contributed by atoms with van der Waals surface area (Å²) in [5.41, 5.74) is 0. The highest BCUT2D eigenvalue weighted by Gasteiger charge is 2.45. The number of carbonyl (C=O) groups is 15. The highest BCUT2D eigenvalue weighted by molar-refractivity contribution is 7.99. The van der Waals surface area contributed by atoms with Crippen LogP contribution in [0.5, 0.6) is 0 Å². The Balaban J connectivity index is 0.000000448. The maximum atomic E-state index is 12.5. The van der Waals surface area contributed by atoms with Gasteiger partial charge in [-0.3, -0.25) is 96.5 Å². The number of hydrogen-bond donors (Lipinski definition) is 5. The van der Waals surface area contributed by atoms with Crippen molar-refractivity contribution < 1.29 is 71.9 Å². The zero-order valence-electron chi connectivity index (χ0n) is 65.5. The van der Waals surface area contributed by atoms with Gasteiger partial charge < -0.3 is 31.4 Å². The number of aldehydes is 1. The monoisotopic (exact) mass is 1530 g/mol. The third-order valence-corrected chi connectivity index (χ3v) is 20.1. The second kappa shape index (κ2) is 53.7. The quantitative estimate of drug-likeness (QED) is 0.0221. The Morgan fingerprint density at radius 3 is 1.00 bits per heavy atom. The molecular weight excluding hydrogens is 1400 g/mol. The molecule has 4 unspecified atom stereocenters. The van der Waals surface area contributed by atoms with Gasteiger partial charge in [-0.05, 0) is 164 Å². The number of amides is 14. The van der Waals surface area contributed by atoms with Crippen molar-refractivity contribution >= 4 is 124 Å². The van der Waals surface area contributed by atoms with Crippen molar-refractivity contribution in [1.29, 1.82) is 0 Å². The van der Waals surface area contributed by atoms with Gasteiger partial charge in [-0.25, -0.2) is 0 Å². The van der Waals surface area contributed by atoms with Crippen molar-refractivity contribution in [3.8, 4) is 0 Å². The molecule has 6 heterocycles. The predicted molar refractivity (Wildman–Crippen MR) is 415 cm³/mol. The lowest BCUT2D eigenvalue weighted by atomic mass is 10.1. The number of thioether (sulfide) groups is 3. The van der Waals surface area contributed by atoms with Crippen molar-refractivity contribution in [1.82, 2.24) is 56.0 Å². The first kappa shape index (κ1) is 95.0. The van der Waals surface area contributed by atoms with Crippen LogP contribution in [0.4, 0.5) is 0 Å². The van der Waals surface area contributed by atoms with Crippen molar-refractivity contribution in [2.45, 2.75) is 278 Å². The van der Waals surface area contributed by atoms with E-state index in [-0.39, 0.29) is 137 Å². The molecule has 596 valence electrons. The second-order valence-electron chi connectivity index (χ2n) is 29.2. The summed E-state index contributed by atoms with van der Waals surface area (Å²) >= 11 is 4.84. The van der Waals surface area contributed by atoms with Gasteiger partial charge in [0, 0.05) is 137 Å². The van der Waals surface area contributed by atoms with Crippen molar-refractivity contribution in [3.05, 3.63) is 12.2 Å². The van der Waals surface area contributed by atoms with Gasteiger partial charge in [0.1, 0.15) is 6.29 Å². The summed E-state index contributed by atoms with van der Waals surface area (Å²) in [6, 6.07) is 0.497. The zero-order chi connectivity index (χ0) is 78.6. The average molecular weight is 1530 g/mol. The molecule has 29 heteroatoms. The Hall–Kier alpha value is -6.04. The number of nitrogens with zero attached hydrogens (tertiary/aromatic N) is 6. The molecule has 0 aliphatic carbocycles. The number of unbranched alkanes of at least 4 members (excludes halogenated alkanes) is 11. The number of hydrogen-bond acceptors (Lipinski definition) is 20. The lowest BCUT2D eigenvalue weighted by molar-refractivity contribution is -0.141. The molecule has 0 radical (unpaired) electrons. The fourth-order valence-electron chi connectivity index (χ4n) is 12.8. The van der Waals surface area contributed by atoms with Crippen molar-refractivity contribution in [3.63, 3.8) is 0 Å². The third kappa shape index (κ3) is 38.1. The summed E-state index contributed by atoms with van der Waals surface area (Å²) in [5.74, 6) is 1.23. The highest BCUT2D eigenvalue weighted by Crippen LogP contribution is 2.29. The summed E-state index contributed by atoms with van der Waals surface area (Å²) in [7, 11) is 0. The minimum atomic E-state index is -0.470. The molecule has 6 aliphatic rings. The van der Waals surface area contributed by atoms with Crippen LogP contribution in [0.15, 0.2) is 12.2 Å². The van der Waals surface area contributed by atoms with Crippen molar-refractivity contribution in [2.75, 3.05) is 81.8 Å². The molecule has 5 saturated heterocycles. The van der Waals surface area contributed by atoms with Gasteiger partial charge in [-0.2, -0.15) is 35.3 Å². The molecule has 0 saturated carbocycles. The van der Waals surface area contributed by atoms with Gasteiger partial charge >= 0.3 is 0 Å². The minimum Gasteiger partial charge on any atom is -0.354 e. The highest BCUT2D eigenvalue weighted by atomic mass is 32.2. The molecule has 5 fully saturated rings. The largest absolute Gasteiger partial charge is 0.354 e. The minimum absolute atomic E-state index is 0.0214. The lowest BCUT2D eigenvalue weighted by Gasteiger charge is -2.25. The van der Waals surface area contributed by atoms with E-state index in [2.05, 4.69) is 40.4 Å². The number of likely N-dealkylation sites (tertiary alicyclic amines) is 5. The first-order valence-electron chi connectivity index (χ1n) is 38.4. The van der Waals surface area contributed by atoms with Crippen LogP contribution in [0.1, 0.15) is 236 Å². The van der Waals surface area contributed by atoms with E-state index in [1.807, 2.05) is 79.1 Å². The number of imide groups is 5. The van der Waals surface area contributed by atoms with E-state index in [1.54, 1.807) is 35.3 Å². The molecule has 0 aromatic heterocycles. The van der Waals surface area contributed by atoms with Gasteiger partial charge in [-0.1, -0.05) is 52.4 Å². The lowest BCUT2D eigenvalue weighted by Crippen LogP contribution is -2.45. The topological polar surface area (TPSA) is 336 Å². The Kier molecular flexibility index (Phi) is 48.6. The van der Waals surface area contributed by atoms with E-state index in [9.17, 15) is 71.9 Å². The van der Waals surface area contributed by atoms with Crippen LogP contribution in [-0.2, 0) is 71.9 Å². The van der Waals surface area contributed by atoms with Gasteiger partial charge in [0.05, 0.1) is 36.3 Å². The van der Waals surface area contributed by atoms with Crippen LogP contribution < -0.4 is 26.6 Å². The summed E-state index contributed by atoms with van der Waals surface area (Å²) in [5, 5.41) is 14.8. The van der Waals surface area contributed by atoms with Gasteiger partial charge in [0.2, 0.25) is 70.9 Å². The van der Waals surface area contributed by atoms with Gasteiger partial charge in [-0.15, -0.1) is 0 Å². The van der Waals surface area contributed by atoms with Crippen LogP contribution in [0.2, 0.25) is 0 Å². The number of nitrogens with one attached hydrogen (secondary N) is 5. The number of rotatable bonds is 44.